The van der Waals surface area contributed by atoms with Gasteiger partial charge in [-0.1, -0.05) is 0 Å². The molecule has 28 heavy (non-hydrogen) atoms. The molecule has 4 rings (SSSR count). The van der Waals surface area contributed by atoms with E-state index in [1.807, 2.05) is 31.3 Å². The lowest BCUT2D eigenvalue weighted by molar-refractivity contribution is 0.211. The first-order valence-electron chi connectivity index (χ1n) is 10.1. The van der Waals surface area contributed by atoms with Crippen LogP contribution in [0.5, 0.6) is 0 Å². The van der Waals surface area contributed by atoms with E-state index in [0.717, 1.165) is 52.7 Å². The molecular formula is C21H29N7. The molecule has 0 unspecified atom stereocenters. The third-order valence-corrected chi connectivity index (χ3v) is 5.65. The van der Waals surface area contributed by atoms with Gasteiger partial charge in [-0.05, 0) is 76.9 Å². The second-order valence-corrected chi connectivity index (χ2v) is 7.87. The number of benzene rings is 1. The maximum absolute atomic E-state index is 5.85. The zero-order valence-corrected chi connectivity index (χ0v) is 16.7. The Bertz CT molecular complexity index is 941. The van der Waals surface area contributed by atoms with Crippen molar-refractivity contribution in [2.24, 2.45) is 5.92 Å². The molecule has 0 spiro atoms. The quantitative estimate of drug-likeness (QED) is 0.448. The molecule has 3 aromatic rings. The normalized spacial score (nSPS) is 15.9. The second-order valence-electron chi connectivity index (χ2n) is 7.87. The SMILES string of the molecule is Cc1nc(NCCCC2CCN(C)CC2)ncc1-c1nc2ccc(N)cc2[nH]1. The summed E-state index contributed by atoms with van der Waals surface area (Å²) in [6.45, 7) is 5.36. The molecule has 1 saturated heterocycles. The molecule has 0 bridgehead atoms. The monoisotopic (exact) mass is 379 g/mol. The number of aromatic nitrogens is 4. The van der Waals surface area contributed by atoms with E-state index >= 15 is 0 Å². The minimum absolute atomic E-state index is 0.685. The lowest BCUT2D eigenvalue weighted by Gasteiger charge is -2.28. The minimum atomic E-state index is 0.685. The van der Waals surface area contributed by atoms with Crippen molar-refractivity contribution in [3.8, 4) is 11.4 Å². The number of aryl methyl sites for hydroxylation is 1. The molecule has 7 nitrogen and oxygen atoms in total. The standard InChI is InChI=1S/C21H29N7/c1-14-17(20-26-18-6-5-16(22)12-19(18)27-20)13-24-21(25-14)23-9-3-4-15-7-10-28(2)11-8-15/h5-6,12-13,15H,3-4,7-11,22H2,1-2H3,(H,26,27)(H,23,24,25). The van der Waals surface area contributed by atoms with Crippen molar-refractivity contribution >= 4 is 22.7 Å². The zero-order chi connectivity index (χ0) is 19.5. The fraction of sp³-hybridized carbons (Fsp3) is 0.476. The summed E-state index contributed by atoms with van der Waals surface area (Å²) in [7, 11) is 2.21. The number of nitrogens with one attached hydrogen (secondary N) is 2. The van der Waals surface area contributed by atoms with Crippen LogP contribution >= 0.6 is 0 Å². The van der Waals surface area contributed by atoms with E-state index in [4.69, 9.17) is 5.73 Å². The van der Waals surface area contributed by atoms with E-state index in [-0.39, 0.29) is 0 Å². The number of rotatable bonds is 6. The molecule has 0 atom stereocenters. The number of fused-ring (bicyclic) bond motifs is 1. The molecule has 0 saturated carbocycles. The van der Waals surface area contributed by atoms with Crippen LogP contribution in [-0.2, 0) is 0 Å². The highest BCUT2D eigenvalue weighted by molar-refractivity contribution is 5.82. The van der Waals surface area contributed by atoms with Gasteiger partial charge in [0.1, 0.15) is 5.82 Å². The van der Waals surface area contributed by atoms with Crippen LogP contribution in [0.3, 0.4) is 0 Å². The molecule has 1 aliphatic heterocycles. The van der Waals surface area contributed by atoms with Gasteiger partial charge in [0.15, 0.2) is 0 Å². The van der Waals surface area contributed by atoms with Crippen LogP contribution in [0.2, 0.25) is 0 Å². The summed E-state index contributed by atoms with van der Waals surface area (Å²) in [5.41, 5.74) is 10.2. The van der Waals surface area contributed by atoms with Gasteiger partial charge in [0.25, 0.3) is 0 Å². The molecule has 1 aromatic carbocycles. The highest BCUT2D eigenvalue weighted by atomic mass is 15.1. The van der Waals surface area contributed by atoms with Crippen molar-refractivity contribution in [2.75, 3.05) is 37.7 Å². The molecule has 7 heteroatoms. The Hall–Kier alpha value is -2.67. The number of anilines is 2. The number of hydrogen-bond donors (Lipinski definition) is 3. The zero-order valence-electron chi connectivity index (χ0n) is 16.7. The fourth-order valence-corrected chi connectivity index (χ4v) is 3.88. The summed E-state index contributed by atoms with van der Waals surface area (Å²) >= 11 is 0. The van der Waals surface area contributed by atoms with E-state index < -0.39 is 0 Å². The Morgan fingerprint density at radius 3 is 2.86 bits per heavy atom. The Morgan fingerprint density at radius 2 is 2.07 bits per heavy atom. The van der Waals surface area contributed by atoms with Crippen LogP contribution in [0.15, 0.2) is 24.4 Å². The second kappa shape index (κ2) is 8.14. The topological polar surface area (TPSA) is 95.8 Å². The van der Waals surface area contributed by atoms with Gasteiger partial charge in [-0.2, -0.15) is 0 Å². The Balaban J connectivity index is 1.34. The van der Waals surface area contributed by atoms with Gasteiger partial charge < -0.3 is 20.9 Å². The summed E-state index contributed by atoms with van der Waals surface area (Å²) in [5.74, 6) is 2.32. The molecule has 148 valence electrons. The van der Waals surface area contributed by atoms with Gasteiger partial charge in [-0.25, -0.2) is 15.0 Å². The van der Waals surface area contributed by atoms with Gasteiger partial charge in [0.05, 0.1) is 22.3 Å². The van der Waals surface area contributed by atoms with E-state index in [0.29, 0.717) is 5.95 Å². The van der Waals surface area contributed by atoms with Crippen LogP contribution in [0.1, 0.15) is 31.4 Å². The smallest absolute Gasteiger partial charge is 0.222 e. The molecule has 2 aromatic heterocycles. The first-order valence-corrected chi connectivity index (χ1v) is 10.1. The van der Waals surface area contributed by atoms with Crippen LogP contribution in [0, 0.1) is 12.8 Å². The predicted octanol–water partition coefficient (Wildman–Crippen LogP) is 3.44. The number of H-pyrrole nitrogens is 1. The van der Waals surface area contributed by atoms with Crippen LogP contribution < -0.4 is 11.1 Å². The van der Waals surface area contributed by atoms with Crippen molar-refractivity contribution in [1.29, 1.82) is 0 Å². The molecule has 0 amide bonds. The lowest BCUT2D eigenvalue weighted by atomic mass is 9.92. The van der Waals surface area contributed by atoms with E-state index in [9.17, 15) is 0 Å². The molecule has 0 radical (unpaired) electrons. The third kappa shape index (κ3) is 4.25. The van der Waals surface area contributed by atoms with E-state index in [1.165, 1.54) is 32.4 Å². The number of nitrogens with two attached hydrogens (primary N) is 1. The van der Waals surface area contributed by atoms with Crippen molar-refractivity contribution < 1.29 is 0 Å². The van der Waals surface area contributed by atoms with Crippen molar-refractivity contribution in [3.05, 3.63) is 30.1 Å². The summed E-state index contributed by atoms with van der Waals surface area (Å²) in [6.07, 6.45) is 6.92. The number of nitrogens with zero attached hydrogens (tertiary/aromatic N) is 4. The van der Waals surface area contributed by atoms with E-state index in [1.54, 1.807) is 0 Å². The van der Waals surface area contributed by atoms with Gasteiger partial charge in [0, 0.05) is 18.4 Å². The first kappa shape index (κ1) is 18.7. The van der Waals surface area contributed by atoms with Crippen molar-refractivity contribution in [3.63, 3.8) is 0 Å². The van der Waals surface area contributed by atoms with Crippen LogP contribution in [0.4, 0.5) is 11.6 Å². The Morgan fingerprint density at radius 1 is 1.25 bits per heavy atom. The van der Waals surface area contributed by atoms with Crippen LogP contribution in [-0.4, -0.2) is 51.5 Å². The molecular weight excluding hydrogens is 350 g/mol. The minimum Gasteiger partial charge on any atom is -0.399 e. The average molecular weight is 380 g/mol. The number of hydrogen-bond acceptors (Lipinski definition) is 6. The molecule has 4 N–H and O–H groups in total. The third-order valence-electron chi connectivity index (χ3n) is 5.65. The van der Waals surface area contributed by atoms with Crippen LogP contribution in [0.25, 0.3) is 22.4 Å². The summed E-state index contributed by atoms with van der Waals surface area (Å²) in [4.78, 5) is 19.5. The maximum Gasteiger partial charge on any atom is 0.222 e. The van der Waals surface area contributed by atoms with E-state index in [2.05, 4.69) is 37.2 Å². The highest BCUT2D eigenvalue weighted by Crippen LogP contribution is 2.24. The number of nitrogen functional groups attached to an aromatic ring is 1. The number of aromatic amines is 1. The molecule has 0 aliphatic carbocycles. The maximum atomic E-state index is 5.85. The van der Waals surface area contributed by atoms with Gasteiger partial charge in [-0.15, -0.1) is 0 Å². The summed E-state index contributed by atoms with van der Waals surface area (Å²) in [5, 5.41) is 3.37. The lowest BCUT2D eigenvalue weighted by Crippen LogP contribution is -2.30. The van der Waals surface area contributed by atoms with Gasteiger partial charge in [-0.3, -0.25) is 0 Å². The number of piperidine rings is 1. The van der Waals surface area contributed by atoms with Crippen molar-refractivity contribution in [1.82, 2.24) is 24.8 Å². The Kier molecular flexibility index (Phi) is 5.43. The Labute approximate surface area is 165 Å². The highest BCUT2D eigenvalue weighted by Gasteiger charge is 2.16. The largest absolute Gasteiger partial charge is 0.399 e. The fourth-order valence-electron chi connectivity index (χ4n) is 3.88. The van der Waals surface area contributed by atoms with Gasteiger partial charge in [0.2, 0.25) is 5.95 Å². The molecule has 1 aliphatic rings. The molecule has 3 heterocycles. The summed E-state index contributed by atoms with van der Waals surface area (Å²) < 4.78 is 0. The predicted molar refractivity (Wildman–Crippen MR) is 114 cm³/mol. The average Bonchev–Trinajstić information content (AvgIpc) is 3.09. The van der Waals surface area contributed by atoms with Gasteiger partial charge >= 0.3 is 0 Å². The number of imidazole rings is 1. The first-order chi connectivity index (χ1) is 13.6. The molecule has 1 fully saturated rings. The summed E-state index contributed by atoms with van der Waals surface area (Å²) in [6, 6.07) is 5.67. The van der Waals surface area contributed by atoms with Crippen molar-refractivity contribution in [2.45, 2.75) is 32.6 Å². The number of likely N-dealkylation sites (tertiary alicyclic amines) is 1.